The molecule has 0 aromatic heterocycles. The van der Waals surface area contributed by atoms with Crippen molar-refractivity contribution in [1.82, 2.24) is 0 Å². The van der Waals surface area contributed by atoms with E-state index in [0.29, 0.717) is 0 Å². The van der Waals surface area contributed by atoms with Crippen LogP contribution in [0.1, 0.15) is 25.7 Å². The summed E-state index contributed by atoms with van der Waals surface area (Å²) in [6.45, 7) is 0. The highest BCUT2D eigenvalue weighted by Gasteiger charge is 2.41. The van der Waals surface area contributed by atoms with Crippen molar-refractivity contribution in [2.24, 2.45) is 23.7 Å². The molecule has 0 heteroatoms. The molecule has 0 N–H and O–H groups in total. The highest BCUT2D eigenvalue weighted by Crippen LogP contribution is 2.54. The molecule has 6 aliphatic carbocycles. The smallest absolute Gasteiger partial charge is 0.00137 e. The van der Waals surface area contributed by atoms with Gasteiger partial charge in [0.05, 0.1) is 0 Å². The van der Waals surface area contributed by atoms with E-state index in [9.17, 15) is 0 Å². The van der Waals surface area contributed by atoms with Crippen LogP contribution in [0.4, 0.5) is 0 Å². The standard InChI is InChI=1S/C14H16/c1-2-10-4-3-9(1)13-11-5-7-12(8-6-11)14(10)13/h1-2,5,7,9-12H,3-4,6,8H2/t9-,10+,11+,12-. The van der Waals surface area contributed by atoms with Gasteiger partial charge in [-0.25, -0.2) is 0 Å². The Balaban J connectivity index is 1.91. The summed E-state index contributed by atoms with van der Waals surface area (Å²) in [6, 6.07) is 0. The van der Waals surface area contributed by atoms with Gasteiger partial charge in [-0.2, -0.15) is 0 Å². The summed E-state index contributed by atoms with van der Waals surface area (Å²) in [5, 5.41) is 0. The van der Waals surface area contributed by atoms with Crippen molar-refractivity contribution in [3.05, 3.63) is 35.5 Å². The van der Waals surface area contributed by atoms with Gasteiger partial charge in [-0.3, -0.25) is 0 Å². The van der Waals surface area contributed by atoms with Gasteiger partial charge in [0, 0.05) is 0 Å². The summed E-state index contributed by atoms with van der Waals surface area (Å²) < 4.78 is 0. The zero-order valence-corrected chi connectivity index (χ0v) is 8.45. The zero-order chi connectivity index (χ0) is 9.12. The Labute approximate surface area is 85.4 Å². The summed E-state index contributed by atoms with van der Waals surface area (Å²) in [4.78, 5) is 0. The average molecular weight is 184 g/mol. The Morgan fingerprint density at radius 1 is 0.571 bits per heavy atom. The minimum atomic E-state index is 0.827. The van der Waals surface area contributed by atoms with E-state index in [1.54, 1.807) is 0 Å². The number of fused-ring (bicyclic) bond motifs is 2. The van der Waals surface area contributed by atoms with Crippen LogP contribution in [0.5, 0.6) is 0 Å². The second-order valence-electron chi connectivity index (χ2n) is 5.26. The van der Waals surface area contributed by atoms with E-state index in [1.807, 2.05) is 11.1 Å². The quantitative estimate of drug-likeness (QED) is 0.506. The maximum absolute atomic E-state index is 2.49. The van der Waals surface area contributed by atoms with Gasteiger partial charge in [-0.05, 0) is 49.4 Å². The molecule has 4 bridgehead atoms. The Morgan fingerprint density at radius 3 is 1.07 bits per heavy atom. The van der Waals surface area contributed by atoms with Crippen LogP contribution in [0.2, 0.25) is 0 Å². The highest BCUT2D eigenvalue weighted by molar-refractivity contribution is 5.44. The van der Waals surface area contributed by atoms with Crippen LogP contribution < -0.4 is 0 Å². The maximum atomic E-state index is 2.49. The molecule has 0 aliphatic heterocycles. The second kappa shape index (κ2) is 2.42. The third kappa shape index (κ3) is 0.762. The fourth-order valence-electron chi connectivity index (χ4n) is 4.08. The van der Waals surface area contributed by atoms with E-state index in [2.05, 4.69) is 24.3 Å². The van der Waals surface area contributed by atoms with Gasteiger partial charge >= 0.3 is 0 Å². The van der Waals surface area contributed by atoms with Crippen LogP contribution in [-0.4, -0.2) is 0 Å². The van der Waals surface area contributed by atoms with E-state index in [4.69, 9.17) is 0 Å². The maximum Gasteiger partial charge on any atom is -0.00137 e. The summed E-state index contributed by atoms with van der Waals surface area (Å²) in [7, 11) is 0. The molecule has 0 aromatic rings. The first-order valence-corrected chi connectivity index (χ1v) is 6.04. The zero-order valence-electron chi connectivity index (χ0n) is 8.45. The molecule has 4 atom stereocenters. The minimum absolute atomic E-state index is 0.827. The average Bonchev–Trinajstić information content (AvgIpc) is 2.32. The van der Waals surface area contributed by atoms with Crippen LogP contribution in [0.25, 0.3) is 0 Å². The Bertz CT molecular complexity index is 301. The molecule has 0 heterocycles. The Hall–Kier alpha value is -0.780. The lowest BCUT2D eigenvalue weighted by atomic mass is 9.58. The van der Waals surface area contributed by atoms with Crippen molar-refractivity contribution < 1.29 is 0 Å². The molecule has 0 aromatic carbocycles. The third-order valence-electron chi connectivity index (χ3n) is 4.66. The molecule has 0 fully saturated rings. The third-order valence-corrected chi connectivity index (χ3v) is 4.66. The number of hydrogen-bond donors (Lipinski definition) is 0. The number of rotatable bonds is 0. The van der Waals surface area contributed by atoms with Crippen LogP contribution in [0.15, 0.2) is 35.5 Å². The lowest BCUT2D eigenvalue weighted by Crippen LogP contribution is -2.34. The summed E-state index contributed by atoms with van der Waals surface area (Å²) in [5.74, 6) is 3.31. The predicted molar refractivity (Wildman–Crippen MR) is 57.7 cm³/mol. The Morgan fingerprint density at radius 2 is 0.857 bits per heavy atom. The molecule has 0 saturated heterocycles. The molecular weight excluding hydrogens is 168 g/mol. The van der Waals surface area contributed by atoms with Crippen LogP contribution in [-0.2, 0) is 0 Å². The first kappa shape index (κ1) is 7.50. The SMILES string of the molecule is C1=C[C@H]2CC[C@@H]1C1=C2[C@@H]2C=C[C@H]1CC2. The minimum Gasteiger partial charge on any atom is -0.0807 e. The van der Waals surface area contributed by atoms with Crippen molar-refractivity contribution in [1.29, 1.82) is 0 Å². The molecule has 0 nitrogen and oxygen atoms in total. The van der Waals surface area contributed by atoms with E-state index < -0.39 is 0 Å². The Kier molecular flexibility index (Phi) is 1.30. The number of hydrogen-bond acceptors (Lipinski definition) is 0. The molecule has 14 heavy (non-hydrogen) atoms. The van der Waals surface area contributed by atoms with Crippen LogP contribution in [0.3, 0.4) is 0 Å². The molecule has 6 rings (SSSR count). The summed E-state index contributed by atoms with van der Waals surface area (Å²) in [6.07, 6.45) is 15.7. The fraction of sp³-hybridized carbons (Fsp3) is 0.571. The molecular formula is C14H16. The van der Waals surface area contributed by atoms with E-state index in [0.717, 1.165) is 23.7 Å². The fourth-order valence-corrected chi connectivity index (χ4v) is 4.08. The number of allylic oxidation sites excluding steroid dienone is 6. The molecule has 0 amide bonds. The summed E-state index contributed by atoms with van der Waals surface area (Å²) in [5.41, 5.74) is 3.70. The van der Waals surface area contributed by atoms with Gasteiger partial charge in [0.15, 0.2) is 0 Å². The topological polar surface area (TPSA) is 0 Å². The van der Waals surface area contributed by atoms with Gasteiger partial charge in [0.25, 0.3) is 0 Å². The highest BCUT2D eigenvalue weighted by atomic mass is 14.5. The molecule has 0 saturated carbocycles. The van der Waals surface area contributed by atoms with Gasteiger partial charge in [-0.1, -0.05) is 35.5 Å². The normalized spacial score (nSPS) is 47.4. The first-order valence-electron chi connectivity index (χ1n) is 6.04. The second-order valence-corrected chi connectivity index (χ2v) is 5.26. The lowest BCUT2D eigenvalue weighted by Gasteiger charge is -2.47. The van der Waals surface area contributed by atoms with E-state index >= 15 is 0 Å². The molecule has 6 aliphatic rings. The first-order chi connectivity index (χ1) is 6.93. The van der Waals surface area contributed by atoms with Gasteiger partial charge in [-0.15, -0.1) is 0 Å². The lowest BCUT2D eigenvalue weighted by molar-refractivity contribution is 0.349. The van der Waals surface area contributed by atoms with Crippen molar-refractivity contribution >= 4 is 0 Å². The largest absolute Gasteiger partial charge is 0.0807 e. The molecule has 72 valence electrons. The molecule has 0 unspecified atom stereocenters. The molecule has 0 radical (unpaired) electrons. The van der Waals surface area contributed by atoms with Gasteiger partial charge < -0.3 is 0 Å². The monoisotopic (exact) mass is 184 g/mol. The van der Waals surface area contributed by atoms with Crippen molar-refractivity contribution in [2.45, 2.75) is 25.7 Å². The summed E-state index contributed by atoms with van der Waals surface area (Å²) >= 11 is 0. The predicted octanol–water partition coefficient (Wildman–Crippen LogP) is 3.48. The van der Waals surface area contributed by atoms with Crippen LogP contribution >= 0.6 is 0 Å². The van der Waals surface area contributed by atoms with Gasteiger partial charge in [0.1, 0.15) is 0 Å². The van der Waals surface area contributed by atoms with E-state index in [-0.39, 0.29) is 0 Å². The van der Waals surface area contributed by atoms with Crippen LogP contribution in [0, 0.1) is 23.7 Å². The van der Waals surface area contributed by atoms with Crippen molar-refractivity contribution in [3.8, 4) is 0 Å². The van der Waals surface area contributed by atoms with Crippen molar-refractivity contribution in [3.63, 3.8) is 0 Å². The molecule has 0 spiro atoms. The van der Waals surface area contributed by atoms with Crippen molar-refractivity contribution in [2.75, 3.05) is 0 Å². The van der Waals surface area contributed by atoms with E-state index in [1.165, 1.54) is 25.7 Å². The van der Waals surface area contributed by atoms with Gasteiger partial charge in [0.2, 0.25) is 0 Å².